The normalized spacial score (nSPS) is 14.0. The number of benzene rings is 1. The van der Waals surface area contributed by atoms with Crippen molar-refractivity contribution in [3.8, 4) is 0 Å². The average molecular weight is 351 g/mol. The Morgan fingerprint density at radius 1 is 1.33 bits per heavy atom. The van der Waals surface area contributed by atoms with E-state index in [9.17, 15) is 9.59 Å². The van der Waals surface area contributed by atoms with Gasteiger partial charge in [-0.05, 0) is 56.5 Å². The van der Waals surface area contributed by atoms with Crippen LogP contribution < -0.4 is 4.90 Å². The van der Waals surface area contributed by atoms with Gasteiger partial charge in [0.2, 0.25) is 5.91 Å². The Hall–Kier alpha value is -2.01. The zero-order chi connectivity index (χ0) is 18.1. The minimum atomic E-state index is -0.529. The summed E-state index contributed by atoms with van der Waals surface area (Å²) < 4.78 is 5.43. The zero-order valence-electron chi connectivity index (χ0n) is 14.6. The van der Waals surface area contributed by atoms with Gasteiger partial charge in [-0.2, -0.15) is 0 Å². The fraction of sp³-hybridized carbons (Fsp3) is 0.444. The van der Waals surface area contributed by atoms with E-state index >= 15 is 0 Å². The molecule has 1 heterocycles. The number of likely N-dealkylation sites (N-methyl/N-ethyl adjacent to an activating group) is 1. The molecule has 130 valence electrons. The second kappa shape index (κ2) is 6.85. The molecular weight excluding hydrogens is 328 g/mol. The topological polar surface area (TPSA) is 49.9 Å². The van der Waals surface area contributed by atoms with Crippen molar-refractivity contribution in [1.29, 1.82) is 0 Å². The quantitative estimate of drug-likeness (QED) is 0.763. The Kier molecular flexibility index (Phi) is 5.23. The van der Waals surface area contributed by atoms with E-state index in [0.717, 1.165) is 11.1 Å². The van der Waals surface area contributed by atoms with Crippen molar-refractivity contribution in [1.82, 2.24) is 4.90 Å². The largest absolute Gasteiger partial charge is 0.444 e. The molecule has 5 nitrogen and oxygen atoms in total. The van der Waals surface area contributed by atoms with Crippen LogP contribution in [0.1, 0.15) is 31.9 Å². The van der Waals surface area contributed by atoms with E-state index in [0.29, 0.717) is 30.2 Å². The fourth-order valence-corrected chi connectivity index (χ4v) is 2.87. The lowest BCUT2D eigenvalue weighted by Crippen LogP contribution is -2.40. The molecule has 0 spiro atoms. The number of carbonyl (C=O) groups excluding carboxylic acids is 2. The SMILES string of the molecule is C=CC(=O)N(C)c1cc2c(cc1Cl)CCN(C(=O)OC(C)(C)C)C2. The van der Waals surface area contributed by atoms with Gasteiger partial charge in [-0.3, -0.25) is 4.79 Å². The minimum Gasteiger partial charge on any atom is -0.444 e. The molecule has 0 N–H and O–H groups in total. The number of ether oxygens (including phenoxy) is 1. The number of carbonyl (C=O) groups is 2. The van der Waals surface area contributed by atoms with E-state index in [2.05, 4.69) is 6.58 Å². The molecule has 0 radical (unpaired) electrons. The van der Waals surface area contributed by atoms with E-state index in [-0.39, 0.29) is 12.0 Å². The first-order valence-corrected chi connectivity index (χ1v) is 8.19. The van der Waals surface area contributed by atoms with Crippen LogP contribution in [0.15, 0.2) is 24.8 Å². The molecule has 0 aliphatic carbocycles. The molecule has 0 atom stereocenters. The van der Waals surface area contributed by atoms with Gasteiger partial charge < -0.3 is 14.5 Å². The van der Waals surface area contributed by atoms with E-state index in [1.54, 1.807) is 11.9 Å². The maximum Gasteiger partial charge on any atom is 0.410 e. The molecular formula is C18H23ClN2O3. The van der Waals surface area contributed by atoms with E-state index in [1.807, 2.05) is 32.9 Å². The van der Waals surface area contributed by atoms with E-state index < -0.39 is 5.60 Å². The second-order valence-corrected chi connectivity index (χ2v) is 7.23. The van der Waals surface area contributed by atoms with Gasteiger partial charge in [0.25, 0.3) is 0 Å². The Bertz CT molecular complexity index is 680. The number of amides is 2. The molecule has 0 bridgehead atoms. The highest BCUT2D eigenvalue weighted by atomic mass is 35.5. The summed E-state index contributed by atoms with van der Waals surface area (Å²) >= 11 is 6.31. The smallest absolute Gasteiger partial charge is 0.410 e. The van der Waals surface area contributed by atoms with Gasteiger partial charge in [-0.1, -0.05) is 18.2 Å². The summed E-state index contributed by atoms with van der Waals surface area (Å²) in [6.07, 6.45) is 1.61. The van der Waals surface area contributed by atoms with Gasteiger partial charge >= 0.3 is 6.09 Å². The Labute approximate surface area is 147 Å². The Balaban J connectivity index is 2.25. The predicted octanol–water partition coefficient (Wildman–Crippen LogP) is 3.78. The highest BCUT2D eigenvalue weighted by Crippen LogP contribution is 2.32. The van der Waals surface area contributed by atoms with Crippen molar-refractivity contribution in [2.75, 3.05) is 18.5 Å². The summed E-state index contributed by atoms with van der Waals surface area (Å²) in [6, 6.07) is 3.72. The number of nitrogens with zero attached hydrogens (tertiary/aromatic N) is 2. The zero-order valence-corrected chi connectivity index (χ0v) is 15.3. The van der Waals surface area contributed by atoms with Crippen LogP contribution in [0.3, 0.4) is 0 Å². The summed E-state index contributed by atoms with van der Waals surface area (Å²) in [5.41, 5.74) is 2.13. The van der Waals surface area contributed by atoms with Crippen molar-refractivity contribution in [2.45, 2.75) is 39.3 Å². The minimum absolute atomic E-state index is 0.239. The van der Waals surface area contributed by atoms with Gasteiger partial charge in [0.15, 0.2) is 0 Å². The average Bonchev–Trinajstić information content (AvgIpc) is 2.50. The van der Waals surface area contributed by atoms with Gasteiger partial charge in [-0.15, -0.1) is 0 Å². The lowest BCUT2D eigenvalue weighted by molar-refractivity contribution is -0.113. The highest BCUT2D eigenvalue weighted by molar-refractivity contribution is 6.34. The standard InChI is InChI=1S/C18H23ClN2O3/c1-6-16(22)20(5)15-10-13-11-21(17(23)24-18(2,3)4)8-7-12(13)9-14(15)19/h6,9-10H,1,7-8,11H2,2-5H3. The number of fused-ring (bicyclic) bond motifs is 1. The molecule has 2 amide bonds. The molecule has 0 saturated carbocycles. The maximum absolute atomic E-state index is 12.3. The van der Waals surface area contributed by atoms with Crippen LogP contribution in [0.2, 0.25) is 5.02 Å². The van der Waals surface area contributed by atoms with Crippen molar-refractivity contribution in [3.63, 3.8) is 0 Å². The summed E-state index contributed by atoms with van der Waals surface area (Å²) in [7, 11) is 1.64. The third kappa shape index (κ3) is 4.09. The molecule has 2 rings (SSSR count). The van der Waals surface area contributed by atoms with E-state index in [4.69, 9.17) is 16.3 Å². The molecule has 6 heteroatoms. The van der Waals surface area contributed by atoms with Gasteiger partial charge in [0, 0.05) is 20.1 Å². The molecule has 1 aliphatic heterocycles. The van der Waals surface area contributed by atoms with Crippen LogP contribution in [-0.2, 0) is 22.5 Å². The van der Waals surface area contributed by atoms with Crippen molar-refractivity contribution < 1.29 is 14.3 Å². The van der Waals surface area contributed by atoms with Crippen LogP contribution in [0.4, 0.5) is 10.5 Å². The van der Waals surface area contributed by atoms with Crippen LogP contribution in [0.25, 0.3) is 0 Å². The number of rotatable bonds is 2. The number of halogens is 1. The van der Waals surface area contributed by atoms with Crippen LogP contribution in [0, 0.1) is 0 Å². The van der Waals surface area contributed by atoms with Crippen LogP contribution in [-0.4, -0.2) is 36.1 Å². The summed E-state index contributed by atoms with van der Waals surface area (Å²) in [4.78, 5) is 27.2. The third-order valence-corrected chi connectivity index (χ3v) is 4.10. The van der Waals surface area contributed by atoms with Crippen LogP contribution in [0.5, 0.6) is 0 Å². The molecule has 0 aromatic heterocycles. The summed E-state index contributed by atoms with van der Waals surface area (Å²) in [5.74, 6) is -0.239. The lowest BCUT2D eigenvalue weighted by atomic mass is 9.99. The fourth-order valence-electron chi connectivity index (χ4n) is 2.56. The van der Waals surface area contributed by atoms with Gasteiger partial charge in [0.1, 0.15) is 5.60 Å². The van der Waals surface area contributed by atoms with E-state index in [1.165, 1.54) is 11.0 Å². The predicted molar refractivity (Wildman–Crippen MR) is 95.4 cm³/mol. The Morgan fingerprint density at radius 3 is 2.58 bits per heavy atom. The van der Waals surface area contributed by atoms with Crippen molar-refractivity contribution >= 4 is 29.3 Å². The van der Waals surface area contributed by atoms with Gasteiger partial charge in [0.05, 0.1) is 10.7 Å². The second-order valence-electron chi connectivity index (χ2n) is 6.83. The number of anilines is 1. The summed E-state index contributed by atoms with van der Waals surface area (Å²) in [6.45, 7) is 10.0. The molecule has 0 fully saturated rings. The van der Waals surface area contributed by atoms with Crippen LogP contribution >= 0.6 is 11.6 Å². The molecule has 1 aliphatic rings. The molecule has 0 saturated heterocycles. The first-order chi connectivity index (χ1) is 11.1. The van der Waals surface area contributed by atoms with Gasteiger partial charge in [-0.25, -0.2) is 4.79 Å². The first-order valence-electron chi connectivity index (χ1n) is 7.81. The highest BCUT2D eigenvalue weighted by Gasteiger charge is 2.27. The van der Waals surface area contributed by atoms with Crippen molar-refractivity contribution in [3.05, 3.63) is 40.9 Å². The van der Waals surface area contributed by atoms with Crippen molar-refractivity contribution in [2.24, 2.45) is 0 Å². The first kappa shape index (κ1) is 18.3. The lowest BCUT2D eigenvalue weighted by Gasteiger charge is -2.32. The molecule has 24 heavy (non-hydrogen) atoms. The maximum atomic E-state index is 12.3. The monoisotopic (exact) mass is 350 g/mol. The third-order valence-electron chi connectivity index (χ3n) is 3.80. The number of hydrogen-bond acceptors (Lipinski definition) is 3. The summed E-state index contributed by atoms with van der Waals surface area (Å²) in [5, 5.41) is 0.511. The molecule has 1 aromatic carbocycles. The molecule has 1 aromatic rings. The Morgan fingerprint density at radius 2 is 2.00 bits per heavy atom. The number of hydrogen-bond donors (Lipinski definition) is 0. The molecule has 0 unspecified atom stereocenters.